The Morgan fingerprint density at radius 1 is 1.24 bits per heavy atom. The molecule has 3 aromatic rings. The second-order valence-electron chi connectivity index (χ2n) is 8.35. The van der Waals surface area contributed by atoms with Crippen LogP contribution in [0.4, 0.5) is 26.1 Å². The van der Waals surface area contributed by atoms with E-state index in [1.165, 1.54) is 19.3 Å². The second-order valence-corrected chi connectivity index (χ2v) is 8.35. The Labute approximate surface area is 191 Å². The average Bonchev–Trinajstić information content (AvgIpc) is 3.26. The summed E-state index contributed by atoms with van der Waals surface area (Å²) in [4.78, 5) is 4.60. The standard InChI is InChI=1S/C23H29F2N7O/c1-3-14-4-7-16(8-5-14)28-23-29-22(33-2)21-17(10-11-32(21)31-23)15-6-9-18(30-26)19(12-15)27-13-20(24)25/h6,9-12,14,16,20,26-27H,3-5,7-8,13H2,1-2H3,(H,28,31). The fraction of sp³-hybridized carbons (Fsp3) is 0.478. The normalized spacial score (nSPS) is 18.5. The van der Waals surface area contributed by atoms with Crippen LogP contribution in [0.3, 0.4) is 0 Å². The van der Waals surface area contributed by atoms with E-state index in [4.69, 9.17) is 10.3 Å². The van der Waals surface area contributed by atoms with Gasteiger partial charge in [-0.25, -0.2) is 18.8 Å². The first-order valence-electron chi connectivity index (χ1n) is 11.3. The summed E-state index contributed by atoms with van der Waals surface area (Å²) in [5.74, 6) is 1.75. The number of nitrogens with zero attached hydrogens (tertiary/aromatic N) is 4. The molecule has 1 fully saturated rings. The quantitative estimate of drug-likeness (QED) is 0.336. The van der Waals surface area contributed by atoms with Gasteiger partial charge < -0.3 is 15.4 Å². The summed E-state index contributed by atoms with van der Waals surface area (Å²) in [6.45, 7) is 1.72. The van der Waals surface area contributed by atoms with Crippen molar-refractivity contribution in [3.05, 3.63) is 30.5 Å². The Bertz CT molecular complexity index is 1110. The van der Waals surface area contributed by atoms with Crippen molar-refractivity contribution in [1.29, 1.82) is 5.53 Å². The van der Waals surface area contributed by atoms with Crippen molar-refractivity contribution in [2.45, 2.75) is 51.5 Å². The van der Waals surface area contributed by atoms with Gasteiger partial charge in [0.25, 0.3) is 6.43 Å². The van der Waals surface area contributed by atoms with E-state index in [2.05, 4.69) is 32.8 Å². The third kappa shape index (κ3) is 5.04. The number of hydrogen-bond donors (Lipinski definition) is 3. The highest BCUT2D eigenvalue weighted by Gasteiger charge is 2.22. The number of hydrogen-bond acceptors (Lipinski definition) is 7. The molecule has 2 aromatic heterocycles. The lowest BCUT2D eigenvalue weighted by Crippen LogP contribution is -2.27. The molecular formula is C23H29F2N7O. The van der Waals surface area contributed by atoms with Gasteiger partial charge in [0.1, 0.15) is 11.2 Å². The van der Waals surface area contributed by atoms with E-state index in [0.29, 0.717) is 29.1 Å². The Kier molecular flexibility index (Phi) is 7.00. The van der Waals surface area contributed by atoms with Crippen molar-refractivity contribution in [2.75, 3.05) is 24.3 Å². The first-order chi connectivity index (χ1) is 16.0. The van der Waals surface area contributed by atoms with Crippen LogP contribution in [0.1, 0.15) is 39.0 Å². The first kappa shape index (κ1) is 22.9. The third-order valence-electron chi connectivity index (χ3n) is 6.30. The number of halogens is 2. The van der Waals surface area contributed by atoms with Crippen molar-refractivity contribution in [3.8, 4) is 17.0 Å². The number of benzene rings is 1. The van der Waals surface area contributed by atoms with E-state index in [-0.39, 0.29) is 5.69 Å². The number of aromatic nitrogens is 3. The molecule has 0 atom stereocenters. The minimum Gasteiger partial charge on any atom is -0.479 e. The summed E-state index contributed by atoms with van der Waals surface area (Å²) in [7, 11) is 1.56. The van der Waals surface area contributed by atoms with Gasteiger partial charge in [0.2, 0.25) is 11.8 Å². The lowest BCUT2D eigenvalue weighted by atomic mass is 9.85. The molecule has 33 heavy (non-hydrogen) atoms. The molecule has 0 aliphatic heterocycles. The predicted octanol–water partition coefficient (Wildman–Crippen LogP) is 6.13. The molecule has 1 saturated carbocycles. The molecule has 0 unspecified atom stereocenters. The van der Waals surface area contributed by atoms with Crippen LogP contribution in [0.25, 0.3) is 16.6 Å². The molecule has 10 heteroatoms. The summed E-state index contributed by atoms with van der Waals surface area (Å²) in [6.07, 6.45) is 5.16. The molecule has 1 aromatic carbocycles. The predicted molar refractivity (Wildman–Crippen MR) is 124 cm³/mol. The minimum absolute atomic E-state index is 0.287. The number of anilines is 2. The monoisotopic (exact) mass is 457 g/mol. The van der Waals surface area contributed by atoms with Crippen molar-refractivity contribution >= 4 is 22.8 Å². The molecule has 4 rings (SSSR count). The maximum atomic E-state index is 12.7. The molecule has 3 N–H and O–H groups in total. The SMILES string of the molecule is CCC1CCC(Nc2nc(OC)c3c(-c4ccc(N=N)c(NCC(F)F)c4)ccn3n2)CC1. The summed E-state index contributed by atoms with van der Waals surface area (Å²) < 4.78 is 32.7. The second kappa shape index (κ2) is 10.1. The molecule has 1 aliphatic rings. The van der Waals surface area contributed by atoms with Crippen LogP contribution < -0.4 is 15.4 Å². The van der Waals surface area contributed by atoms with E-state index < -0.39 is 13.0 Å². The highest BCUT2D eigenvalue weighted by Crippen LogP contribution is 2.36. The van der Waals surface area contributed by atoms with E-state index in [0.717, 1.165) is 29.9 Å². The van der Waals surface area contributed by atoms with Crippen molar-refractivity contribution in [3.63, 3.8) is 0 Å². The van der Waals surface area contributed by atoms with Crippen molar-refractivity contribution in [2.24, 2.45) is 11.0 Å². The molecule has 0 spiro atoms. The van der Waals surface area contributed by atoms with Crippen LogP contribution >= 0.6 is 0 Å². The van der Waals surface area contributed by atoms with Gasteiger partial charge in [-0.1, -0.05) is 19.4 Å². The smallest absolute Gasteiger partial charge is 0.255 e. The molecule has 1 aliphatic carbocycles. The zero-order valence-electron chi connectivity index (χ0n) is 18.8. The van der Waals surface area contributed by atoms with Crippen LogP contribution in [0.2, 0.25) is 0 Å². The number of alkyl halides is 2. The van der Waals surface area contributed by atoms with Gasteiger partial charge in [0, 0.05) is 17.8 Å². The lowest BCUT2D eigenvalue weighted by Gasteiger charge is -2.28. The van der Waals surface area contributed by atoms with E-state index in [1.54, 1.807) is 29.8 Å². The molecule has 8 nitrogen and oxygen atoms in total. The fourth-order valence-electron chi connectivity index (χ4n) is 4.46. The lowest BCUT2D eigenvalue weighted by molar-refractivity contribution is 0.163. The fourth-order valence-corrected chi connectivity index (χ4v) is 4.46. The van der Waals surface area contributed by atoms with Gasteiger partial charge in [0.05, 0.1) is 19.3 Å². The van der Waals surface area contributed by atoms with Crippen LogP contribution in [0.15, 0.2) is 35.6 Å². The van der Waals surface area contributed by atoms with Gasteiger partial charge in [-0.2, -0.15) is 10.1 Å². The molecule has 176 valence electrons. The van der Waals surface area contributed by atoms with E-state index in [1.807, 2.05) is 12.3 Å². The van der Waals surface area contributed by atoms with Crippen LogP contribution in [0, 0.1) is 11.4 Å². The molecule has 0 amide bonds. The van der Waals surface area contributed by atoms with E-state index >= 15 is 0 Å². The molecular weight excluding hydrogens is 428 g/mol. The van der Waals surface area contributed by atoms with Crippen LogP contribution in [0.5, 0.6) is 5.88 Å². The number of methoxy groups -OCH3 is 1. The Morgan fingerprint density at radius 3 is 2.70 bits per heavy atom. The summed E-state index contributed by atoms with van der Waals surface area (Å²) in [5, 5.41) is 14.2. The maximum Gasteiger partial charge on any atom is 0.255 e. The number of nitrogens with one attached hydrogen (secondary N) is 3. The first-order valence-corrected chi connectivity index (χ1v) is 11.3. The van der Waals surface area contributed by atoms with Crippen molar-refractivity contribution < 1.29 is 13.5 Å². The van der Waals surface area contributed by atoms with Crippen LogP contribution in [-0.2, 0) is 0 Å². The van der Waals surface area contributed by atoms with E-state index in [9.17, 15) is 8.78 Å². The third-order valence-corrected chi connectivity index (χ3v) is 6.30. The van der Waals surface area contributed by atoms with Gasteiger partial charge in [0.15, 0.2) is 0 Å². The average molecular weight is 458 g/mol. The Hall–Kier alpha value is -3.30. The summed E-state index contributed by atoms with van der Waals surface area (Å²) in [5.41, 5.74) is 10.2. The number of rotatable bonds is 9. The zero-order valence-corrected chi connectivity index (χ0v) is 18.8. The number of ether oxygens (including phenoxy) is 1. The molecule has 2 heterocycles. The summed E-state index contributed by atoms with van der Waals surface area (Å²) in [6, 6.07) is 7.33. The topological polar surface area (TPSA) is 99.7 Å². The number of fused-ring (bicyclic) bond motifs is 1. The maximum absolute atomic E-state index is 12.7. The van der Waals surface area contributed by atoms with Gasteiger partial charge in [-0.05, 0) is 55.4 Å². The Balaban J connectivity index is 1.63. The van der Waals surface area contributed by atoms with Crippen molar-refractivity contribution in [1.82, 2.24) is 14.6 Å². The Morgan fingerprint density at radius 2 is 2.03 bits per heavy atom. The largest absolute Gasteiger partial charge is 0.479 e. The van der Waals surface area contributed by atoms with Gasteiger partial charge in [-0.15, -0.1) is 5.10 Å². The van der Waals surface area contributed by atoms with Crippen LogP contribution in [-0.4, -0.2) is 40.7 Å². The summed E-state index contributed by atoms with van der Waals surface area (Å²) >= 11 is 0. The highest BCUT2D eigenvalue weighted by atomic mass is 19.3. The van der Waals surface area contributed by atoms with Gasteiger partial charge >= 0.3 is 0 Å². The van der Waals surface area contributed by atoms with Gasteiger partial charge in [-0.3, -0.25) is 0 Å². The molecule has 0 bridgehead atoms. The minimum atomic E-state index is -2.51. The molecule has 0 radical (unpaired) electrons. The molecule has 0 saturated heterocycles. The highest BCUT2D eigenvalue weighted by molar-refractivity contribution is 5.87. The zero-order chi connectivity index (χ0) is 23.4.